The third-order valence-electron chi connectivity index (χ3n) is 4.51. The highest BCUT2D eigenvalue weighted by Crippen LogP contribution is 2.23. The van der Waals surface area contributed by atoms with Gasteiger partial charge >= 0.3 is 0 Å². The molecule has 3 nitrogen and oxygen atoms in total. The molecule has 0 atom stereocenters. The summed E-state index contributed by atoms with van der Waals surface area (Å²) in [6.45, 7) is 0.400. The lowest BCUT2D eigenvalue weighted by Crippen LogP contribution is -2.09. The van der Waals surface area contributed by atoms with Crippen LogP contribution in [0.4, 0.5) is 4.39 Å². The molecular weight excluding hydrogens is 410 g/mol. The van der Waals surface area contributed by atoms with Crippen LogP contribution in [0.5, 0.6) is 0 Å². The summed E-state index contributed by atoms with van der Waals surface area (Å²) in [6, 6.07) is 18.8. The fourth-order valence-electron chi connectivity index (χ4n) is 3.07. The van der Waals surface area contributed by atoms with E-state index in [1.807, 2.05) is 28.8 Å². The van der Waals surface area contributed by atoms with Crippen LogP contribution in [0.25, 0.3) is 17.1 Å². The lowest BCUT2D eigenvalue weighted by atomic mass is 10.2. The second-order valence-corrected chi connectivity index (χ2v) is 7.34. The van der Waals surface area contributed by atoms with Gasteiger partial charge < -0.3 is 4.57 Å². The normalized spacial score (nSPS) is 11.4. The Labute approximate surface area is 177 Å². The molecule has 0 spiro atoms. The number of hydrogen-bond acceptors (Lipinski definition) is 2. The zero-order valence-corrected chi connectivity index (χ0v) is 16.7. The molecular formula is C23H15Cl2FN2O. The van der Waals surface area contributed by atoms with Crippen molar-refractivity contribution in [1.82, 2.24) is 9.55 Å². The zero-order chi connectivity index (χ0) is 20.4. The molecule has 6 heteroatoms. The Morgan fingerprint density at radius 2 is 1.79 bits per heavy atom. The van der Waals surface area contributed by atoms with E-state index in [4.69, 9.17) is 23.2 Å². The molecule has 3 aromatic carbocycles. The van der Waals surface area contributed by atoms with Crippen LogP contribution in [0, 0.1) is 5.82 Å². The number of fused-ring (bicyclic) bond motifs is 1. The van der Waals surface area contributed by atoms with Crippen molar-refractivity contribution in [2.45, 2.75) is 6.54 Å². The van der Waals surface area contributed by atoms with Gasteiger partial charge in [0.2, 0.25) is 5.78 Å². The van der Waals surface area contributed by atoms with E-state index in [9.17, 15) is 9.18 Å². The van der Waals surface area contributed by atoms with Gasteiger partial charge in [-0.1, -0.05) is 53.5 Å². The Hall–Kier alpha value is -2.95. The fraction of sp³-hybridized carbons (Fsp3) is 0.0435. The average Bonchev–Trinajstić information content (AvgIpc) is 3.07. The van der Waals surface area contributed by atoms with Crippen LogP contribution in [0.15, 0.2) is 72.8 Å². The monoisotopic (exact) mass is 424 g/mol. The van der Waals surface area contributed by atoms with Gasteiger partial charge in [-0.05, 0) is 59.7 Å². The van der Waals surface area contributed by atoms with E-state index in [1.165, 1.54) is 18.2 Å². The highest BCUT2D eigenvalue weighted by atomic mass is 35.5. The van der Waals surface area contributed by atoms with Gasteiger partial charge in [-0.25, -0.2) is 9.37 Å². The molecule has 1 heterocycles. The summed E-state index contributed by atoms with van der Waals surface area (Å²) in [6.07, 6.45) is 3.08. The summed E-state index contributed by atoms with van der Waals surface area (Å²) >= 11 is 12.1. The zero-order valence-electron chi connectivity index (χ0n) is 15.1. The van der Waals surface area contributed by atoms with E-state index in [2.05, 4.69) is 4.98 Å². The van der Waals surface area contributed by atoms with Crippen LogP contribution in [-0.4, -0.2) is 15.3 Å². The first-order valence-corrected chi connectivity index (χ1v) is 9.64. The molecule has 1 aromatic heterocycles. The number of halogens is 3. The van der Waals surface area contributed by atoms with Gasteiger partial charge in [-0.2, -0.15) is 0 Å². The number of allylic oxidation sites excluding steroid dienone is 1. The predicted octanol–water partition coefficient (Wildman–Crippen LogP) is 6.43. The van der Waals surface area contributed by atoms with Crippen molar-refractivity contribution < 1.29 is 9.18 Å². The number of benzene rings is 3. The van der Waals surface area contributed by atoms with E-state index >= 15 is 0 Å². The van der Waals surface area contributed by atoms with Crippen molar-refractivity contribution >= 4 is 46.1 Å². The van der Waals surface area contributed by atoms with Gasteiger partial charge in [0, 0.05) is 16.6 Å². The third-order valence-corrected chi connectivity index (χ3v) is 5.07. The molecule has 0 bridgehead atoms. The smallest absolute Gasteiger partial charge is 0.221 e. The quantitative estimate of drug-likeness (QED) is 0.273. The van der Waals surface area contributed by atoms with Gasteiger partial charge in [-0.15, -0.1) is 0 Å². The molecule has 0 radical (unpaired) electrons. The Morgan fingerprint density at radius 1 is 1.03 bits per heavy atom. The topological polar surface area (TPSA) is 34.9 Å². The molecule has 144 valence electrons. The standard InChI is InChI=1S/C23H15Cl2FN2O/c24-17-9-7-16(19(25)13-17)8-12-22(29)23-27-20-3-1-2-4-21(20)28(23)14-15-5-10-18(26)11-6-15/h1-13H,14H2/b12-8+. The summed E-state index contributed by atoms with van der Waals surface area (Å²) in [5.41, 5.74) is 3.10. The van der Waals surface area contributed by atoms with E-state index < -0.39 is 0 Å². The first kappa shape index (κ1) is 19.4. The minimum Gasteiger partial charge on any atom is -0.317 e. The SMILES string of the molecule is O=C(/C=C/c1ccc(Cl)cc1Cl)c1nc2ccccc2n1Cc1ccc(F)cc1. The minimum atomic E-state index is -0.302. The fourth-order valence-corrected chi connectivity index (χ4v) is 3.54. The number of para-hydroxylation sites is 2. The predicted molar refractivity (Wildman–Crippen MR) is 115 cm³/mol. The third kappa shape index (κ3) is 4.24. The van der Waals surface area contributed by atoms with Crippen LogP contribution in [-0.2, 0) is 6.54 Å². The number of ketones is 1. The van der Waals surface area contributed by atoms with Crippen molar-refractivity contribution in [3.05, 3.63) is 106 Å². The van der Waals surface area contributed by atoms with Crippen LogP contribution >= 0.6 is 23.2 Å². The van der Waals surface area contributed by atoms with Gasteiger partial charge in [0.25, 0.3) is 0 Å². The highest BCUT2D eigenvalue weighted by Gasteiger charge is 2.16. The van der Waals surface area contributed by atoms with Crippen molar-refractivity contribution in [3.8, 4) is 0 Å². The van der Waals surface area contributed by atoms with Gasteiger partial charge in [0.05, 0.1) is 11.0 Å². The molecule has 0 saturated heterocycles. The molecule has 0 aliphatic carbocycles. The van der Waals surface area contributed by atoms with Crippen molar-refractivity contribution in [2.75, 3.05) is 0 Å². The summed E-state index contributed by atoms with van der Waals surface area (Å²) in [5, 5.41) is 0.987. The molecule has 0 aliphatic heterocycles. The van der Waals surface area contributed by atoms with Gasteiger partial charge in [0.15, 0.2) is 5.82 Å². The average molecular weight is 425 g/mol. The van der Waals surface area contributed by atoms with E-state index in [0.717, 1.165) is 16.6 Å². The number of nitrogens with zero attached hydrogens (tertiary/aromatic N) is 2. The molecule has 0 unspecified atom stereocenters. The molecule has 4 rings (SSSR count). The first-order chi connectivity index (χ1) is 14.0. The van der Waals surface area contributed by atoms with Gasteiger partial charge in [0.1, 0.15) is 5.82 Å². The second kappa shape index (κ2) is 8.19. The molecule has 0 aliphatic rings. The maximum Gasteiger partial charge on any atom is 0.221 e. The van der Waals surface area contributed by atoms with Crippen molar-refractivity contribution in [3.63, 3.8) is 0 Å². The lowest BCUT2D eigenvalue weighted by molar-refractivity contribution is 0.103. The van der Waals surface area contributed by atoms with Gasteiger partial charge in [-0.3, -0.25) is 4.79 Å². The number of carbonyl (C=O) groups is 1. The van der Waals surface area contributed by atoms with E-state index in [0.29, 0.717) is 28.0 Å². The number of imidazole rings is 1. The highest BCUT2D eigenvalue weighted by molar-refractivity contribution is 6.35. The minimum absolute atomic E-state index is 0.255. The Balaban J connectivity index is 1.71. The Kier molecular flexibility index (Phi) is 5.47. The molecule has 0 fully saturated rings. The maximum absolute atomic E-state index is 13.2. The van der Waals surface area contributed by atoms with Crippen LogP contribution in [0.2, 0.25) is 10.0 Å². The van der Waals surface area contributed by atoms with E-state index in [-0.39, 0.29) is 11.6 Å². The lowest BCUT2D eigenvalue weighted by Gasteiger charge is -2.08. The Morgan fingerprint density at radius 3 is 2.55 bits per heavy atom. The van der Waals surface area contributed by atoms with Crippen molar-refractivity contribution in [2.24, 2.45) is 0 Å². The summed E-state index contributed by atoms with van der Waals surface area (Å²) in [7, 11) is 0. The van der Waals surface area contributed by atoms with E-state index in [1.54, 1.807) is 36.4 Å². The summed E-state index contributed by atoms with van der Waals surface area (Å²) < 4.78 is 15.1. The maximum atomic E-state index is 13.2. The van der Waals surface area contributed by atoms with Crippen LogP contribution < -0.4 is 0 Å². The number of aromatic nitrogens is 2. The molecule has 0 N–H and O–H groups in total. The van der Waals surface area contributed by atoms with Crippen molar-refractivity contribution in [1.29, 1.82) is 0 Å². The molecule has 0 saturated carbocycles. The second-order valence-electron chi connectivity index (χ2n) is 6.50. The summed E-state index contributed by atoms with van der Waals surface area (Å²) in [5.74, 6) is -0.255. The number of hydrogen-bond donors (Lipinski definition) is 0. The van der Waals surface area contributed by atoms with Crippen LogP contribution in [0.3, 0.4) is 0 Å². The number of carbonyl (C=O) groups excluding carboxylic acids is 1. The Bertz CT molecular complexity index is 1230. The number of rotatable bonds is 5. The van der Waals surface area contributed by atoms with Crippen LogP contribution in [0.1, 0.15) is 21.7 Å². The largest absolute Gasteiger partial charge is 0.317 e. The summed E-state index contributed by atoms with van der Waals surface area (Å²) in [4.78, 5) is 17.4. The molecule has 4 aromatic rings. The molecule has 0 amide bonds. The molecule has 29 heavy (non-hydrogen) atoms. The first-order valence-electron chi connectivity index (χ1n) is 8.88.